The van der Waals surface area contributed by atoms with Crippen LogP contribution in [-0.4, -0.2) is 34.5 Å². The first kappa shape index (κ1) is 34.8. The van der Waals surface area contributed by atoms with Gasteiger partial charge in [-0.05, 0) is 0 Å². The first-order chi connectivity index (χ1) is 14.9. The van der Waals surface area contributed by atoms with Crippen LogP contribution < -0.4 is 0 Å². The predicted octanol–water partition coefficient (Wildman–Crippen LogP) is 12.7. The second kappa shape index (κ2) is 14.1. The first-order valence-electron chi connectivity index (χ1n) is 12.9. The van der Waals surface area contributed by atoms with Crippen LogP contribution in [0.1, 0.15) is 119 Å². The van der Waals surface area contributed by atoms with Crippen molar-refractivity contribution in [3.63, 3.8) is 0 Å². The molecule has 205 valence electrons. The molecule has 0 N–H and O–H groups in total. The Hall–Kier alpha value is 2.83. The van der Waals surface area contributed by atoms with Gasteiger partial charge in [-0.3, -0.25) is 0 Å². The van der Waals surface area contributed by atoms with Crippen molar-refractivity contribution in [1.29, 1.82) is 0 Å². The van der Waals surface area contributed by atoms with Gasteiger partial charge in [-0.1, -0.05) is 0 Å². The molecule has 0 bridgehead atoms. The van der Waals surface area contributed by atoms with Crippen LogP contribution in [-0.2, 0) is 2.05 Å². The van der Waals surface area contributed by atoms with Crippen LogP contribution in [0.25, 0.3) is 0 Å². The summed E-state index contributed by atoms with van der Waals surface area (Å²) in [5.74, 6) is 6.02. The summed E-state index contributed by atoms with van der Waals surface area (Å²) in [5.41, 5.74) is 0. The van der Waals surface area contributed by atoms with Gasteiger partial charge in [0.05, 0.1) is 0 Å². The van der Waals surface area contributed by atoms with Crippen LogP contribution >= 0.6 is 63.9 Å². The summed E-state index contributed by atoms with van der Waals surface area (Å²) in [6, 6.07) is 0. The molecule has 0 nitrogen and oxygen atoms in total. The molecule has 0 fully saturated rings. The first-order valence-corrected chi connectivity index (χ1v) is 31.6. The van der Waals surface area contributed by atoms with Crippen LogP contribution in [0.3, 0.4) is 0 Å². The fourth-order valence-corrected chi connectivity index (χ4v) is 78.8. The molecule has 0 aliphatic heterocycles. The Kier molecular flexibility index (Phi) is 15.4. The molecule has 0 aromatic heterocycles. The zero-order valence-electron chi connectivity index (χ0n) is 21.8. The van der Waals surface area contributed by atoms with Crippen LogP contribution in [0.15, 0.2) is 0 Å². The van der Waals surface area contributed by atoms with Crippen LogP contribution in [0.5, 0.6) is 0 Å². The van der Waals surface area contributed by atoms with E-state index in [-0.39, 0.29) is 25.1 Å². The summed E-state index contributed by atoms with van der Waals surface area (Å²) < 4.78 is -5.82. The standard InChI is InChI=1S/3C8H18S.4ClH.Rh/c3*1-3-5-7-9-8-6-4-2;;;;;/h3*3-8H2,1-2H3;4*1H;/q;;;;;;;+4/p-4. The van der Waals surface area contributed by atoms with E-state index in [1.165, 1.54) is 0 Å². The Morgan fingerprint density at radius 2 is 0.531 bits per heavy atom. The van der Waals surface area contributed by atoms with Crippen molar-refractivity contribution in [2.45, 2.75) is 119 Å². The summed E-state index contributed by atoms with van der Waals surface area (Å²) >= 11 is 0. The molecule has 0 spiro atoms. The third-order valence-electron chi connectivity index (χ3n) is 5.61. The van der Waals surface area contributed by atoms with Gasteiger partial charge in [0, 0.05) is 0 Å². The molecule has 0 aliphatic rings. The van der Waals surface area contributed by atoms with Crippen LogP contribution in [0.2, 0.25) is 0 Å². The maximum absolute atomic E-state index is 8.31. The average Bonchev–Trinajstić information content (AvgIpc) is 2.73. The molecule has 0 aliphatic carbocycles. The second-order valence-corrected chi connectivity index (χ2v) is 77.8. The summed E-state index contributed by atoms with van der Waals surface area (Å²) in [7, 11) is 32.2. The van der Waals surface area contributed by atoms with Crippen molar-refractivity contribution in [3.05, 3.63) is 0 Å². The Morgan fingerprint density at radius 1 is 0.375 bits per heavy atom. The van der Waals surface area contributed by atoms with E-state index in [0.717, 1.165) is 112 Å². The van der Waals surface area contributed by atoms with E-state index < -0.39 is 2.05 Å². The summed E-state index contributed by atoms with van der Waals surface area (Å²) in [6.07, 6.45) is 13.5. The predicted molar refractivity (Wildman–Crippen MR) is 165 cm³/mol. The molecule has 0 aromatic carbocycles. The van der Waals surface area contributed by atoms with Crippen molar-refractivity contribution < 1.29 is 2.05 Å². The minimum atomic E-state index is -5.82. The molecule has 0 amide bonds. The topological polar surface area (TPSA) is 0 Å². The Morgan fingerprint density at radius 3 is 0.656 bits per heavy atom. The normalized spacial score (nSPS) is 16.3. The van der Waals surface area contributed by atoms with E-state index in [1.807, 2.05) is 0 Å². The summed E-state index contributed by atoms with van der Waals surface area (Å²) in [5, 5.41) is 0. The van der Waals surface area contributed by atoms with E-state index in [4.69, 9.17) is 38.8 Å². The third-order valence-corrected chi connectivity index (χ3v) is 86.1. The molecule has 0 rings (SSSR count). The van der Waals surface area contributed by atoms with E-state index in [9.17, 15) is 0 Å². The van der Waals surface area contributed by atoms with Gasteiger partial charge in [-0.2, -0.15) is 0 Å². The van der Waals surface area contributed by atoms with Gasteiger partial charge in [0.1, 0.15) is 0 Å². The van der Waals surface area contributed by atoms with E-state index >= 15 is 0 Å². The number of hydrogen-bond donors (Lipinski definition) is 0. The fourth-order valence-electron chi connectivity index (χ4n) is 3.36. The SMILES string of the molecule is CCCC[S](CCCC)=[Rh]([Cl])([Cl])([Cl])([Cl])(=[S](CCCC)CCCC)=[S](CCCC)CCCC. The maximum atomic E-state index is 8.31. The van der Waals surface area contributed by atoms with E-state index in [1.54, 1.807) is 0 Å². The van der Waals surface area contributed by atoms with Gasteiger partial charge in [-0.25, -0.2) is 0 Å². The minimum absolute atomic E-state index is 0.349. The van der Waals surface area contributed by atoms with Gasteiger partial charge in [0.15, 0.2) is 0 Å². The van der Waals surface area contributed by atoms with Crippen molar-refractivity contribution in [1.82, 2.24) is 0 Å². The zero-order chi connectivity index (χ0) is 24.8. The van der Waals surface area contributed by atoms with Crippen molar-refractivity contribution in [3.8, 4) is 0 Å². The van der Waals surface area contributed by atoms with Gasteiger partial charge >= 0.3 is 219 Å². The van der Waals surface area contributed by atoms with Gasteiger partial charge in [0.2, 0.25) is 0 Å². The van der Waals surface area contributed by atoms with Crippen LogP contribution in [0.4, 0.5) is 0 Å². The number of hydrogen-bond acceptors (Lipinski definition) is 0. The average molecular weight is 684 g/mol. The number of rotatable bonds is 18. The molecule has 8 heteroatoms. The molecule has 0 saturated heterocycles. The van der Waals surface area contributed by atoms with Crippen molar-refractivity contribution in [2.75, 3.05) is 34.5 Å². The molecular formula is C24H54Cl4RhS3. The molecule has 0 heterocycles. The Labute approximate surface area is 217 Å². The Balaban J connectivity index is 8.30. The van der Waals surface area contributed by atoms with E-state index in [2.05, 4.69) is 41.5 Å². The quantitative estimate of drug-likeness (QED) is 0.126. The zero-order valence-corrected chi connectivity index (χ0v) is 28.9. The third kappa shape index (κ3) is 8.43. The van der Waals surface area contributed by atoms with Crippen molar-refractivity contribution in [2.24, 2.45) is 0 Å². The Bertz CT molecular complexity index is 750. The van der Waals surface area contributed by atoms with Gasteiger partial charge < -0.3 is 0 Å². The molecule has 0 radical (unpaired) electrons. The monoisotopic (exact) mass is 681 g/mol. The molecule has 0 unspecified atom stereocenters. The molecular weight excluding hydrogens is 629 g/mol. The van der Waals surface area contributed by atoms with Gasteiger partial charge in [0.25, 0.3) is 0 Å². The summed E-state index contributed by atoms with van der Waals surface area (Å²) in [4.78, 5) is 0. The van der Waals surface area contributed by atoms with Crippen LogP contribution in [0, 0.1) is 0 Å². The molecule has 0 saturated carbocycles. The molecule has 0 aromatic rings. The number of unbranched alkanes of at least 4 members (excludes halogenated alkanes) is 6. The molecule has 0 atom stereocenters. The summed E-state index contributed by atoms with van der Waals surface area (Å²) in [6.45, 7) is 13.5. The second-order valence-electron chi connectivity index (χ2n) is 8.61. The number of halogens is 4. The van der Waals surface area contributed by atoms with Gasteiger partial charge in [-0.15, -0.1) is 0 Å². The molecule has 32 heavy (non-hydrogen) atoms. The van der Waals surface area contributed by atoms with Crippen molar-refractivity contribution >= 4 is 63.9 Å². The fraction of sp³-hybridized carbons (Fsp3) is 1.00. The van der Waals surface area contributed by atoms with E-state index in [0.29, 0.717) is 0 Å².